The van der Waals surface area contributed by atoms with Gasteiger partial charge in [-0.3, -0.25) is 14.8 Å². The molecule has 41 heavy (non-hydrogen) atoms. The number of ether oxygens (including phenoxy) is 1. The molecular weight excluding hydrogens is 542 g/mol. The molecule has 0 aliphatic heterocycles. The van der Waals surface area contributed by atoms with Crippen LogP contribution in [0.2, 0.25) is 0 Å². The van der Waals surface area contributed by atoms with Gasteiger partial charge in [0, 0.05) is 47.5 Å². The minimum absolute atomic E-state index is 0.114. The van der Waals surface area contributed by atoms with Gasteiger partial charge in [-0.2, -0.15) is 0 Å². The zero-order valence-corrected chi connectivity index (χ0v) is 24.8. The van der Waals surface area contributed by atoms with E-state index in [-0.39, 0.29) is 23.3 Å². The Bertz CT molecular complexity index is 1580. The number of hydrogen-bond donors (Lipinski definition) is 3. The number of nitrogens with one attached hydrogen (secondary N) is 3. The molecule has 5 rings (SSSR count). The van der Waals surface area contributed by atoms with Crippen LogP contribution in [0.4, 0.5) is 4.79 Å². The highest BCUT2D eigenvalue weighted by Gasteiger charge is 2.38. The van der Waals surface area contributed by atoms with Crippen molar-refractivity contribution < 1.29 is 22.7 Å². The molecule has 0 spiro atoms. The van der Waals surface area contributed by atoms with Crippen LogP contribution >= 0.6 is 0 Å². The summed E-state index contributed by atoms with van der Waals surface area (Å²) < 4.78 is 35.7. The first-order valence-corrected chi connectivity index (χ1v) is 15.5. The van der Waals surface area contributed by atoms with Crippen LogP contribution in [-0.2, 0) is 14.8 Å². The lowest BCUT2D eigenvalue weighted by molar-refractivity contribution is 0.0502. The second-order valence-corrected chi connectivity index (χ2v) is 14.0. The number of nitrogens with zero attached hydrogens (tertiary/aromatic N) is 2. The Labute approximate surface area is 240 Å². The largest absolute Gasteiger partial charge is 0.444 e. The quantitative estimate of drug-likeness (QED) is 0.346. The Balaban J connectivity index is 1.64. The predicted molar refractivity (Wildman–Crippen MR) is 155 cm³/mol. The minimum atomic E-state index is -3.91. The molecule has 2 aliphatic carbocycles. The molecule has 2 aliphatic rings. The van der Waals surface area contributed by atoms with Gasteiger partial charge < -0.3 is 15.4 Å². The Kier molecular flexibility index (Phi) is 7.78. The number of rotatable bonds is 8. The molecule has 1 saturated carbocycles. The fraction of sp³-hybridized carbons (Fsp3) is 0.467. The van der Waals surface area contributed by atoms with E-state index in [1.807, 2.05) is 19.9 Å². The summed E-state index contributed by atoms with van der Waals surface area (Å²) in [5.41, 5.74) is 1.86. The monoisotopic (exact) mass is 579 g/mol. The summed E-state index contributed by atoms with van der Waals surface area (Å²) in [4.78, 5) is 34.9. The topological polar surface area (TPSA) is 139 Å². The molecule has 2 aromatic heterocycles. The molecule has 218 valence electrons. The number of aromatic nitrogens is 2. The number of amides is 2. The van der Waals surface area contributed by atoms with Crippen molar-refractivity contribution in [3.63, 3.8) is 0 Å². The van der Waals surface area contributed by atoms with Crippen molar-refractivity contribution in [2.45, 2.75) is 82.4 Å². The van der Waals surface area contributed by atoms with Gasteiger partial charge in [0.25, 0.3) is 5.91 Å². The van der Waals surface area contributed by atoms with Gasteiger partial charge >= 0.3 is 6.09 Å². The van der Waals surface area contributed by atoms with Crippen LogP contribution < -0.4 is 15.4 Å². The smallest absolute Gasteiger partial charge is 0.408 e. The normalized spacial score (nSPS) is 18.8. The van der Waals surface area contributed by atoms with Gasteiger partial charge in [-0.15, -0.1) is 0 Å². The van der Waals surface area contributed by atoms with Gasteiger partial charge in [-0.25, -0.2) is 17.9 Å². The van der Waals surface area contributed by atoms with Gasteiger partial charge in [-0.05, 0) is 81.3 Å². The van der Waals surface area contributed by atoms with Crippen LogP contribution in [0.1, 0.15) is 99.1 Å². The third-order valence-electron chi connectivity index (χ3n) is 7.16. The van der Waals surface area contributed by atoms with E-state index in [1.54, 1.807) is 51.4 Å². The van der Waals surface area contributed by atoms with E-state index in [4.69, 9.17) is 9.72 Å². The Hall–Kier alpha value is -3.57. The van der Waals surface area contributed by atoms with E-state index < -0.39 is 33.8 Å². The van der Waals surface area contributed by atoms with Crippen molar-refractivity contribution in [2.24, 2.45) is 5.92 Å². The van der Waals surface area contributed by atoms with Crippen LogP contribution in [-0.4, -0.2) is 42.5 Å². The zero-order valence-electron chi connectivity index (χ0n) is 24.0. The molecule has 10 nitrogen and oxygen atoms in total. The average molecular weight is 580 g/mol. The third-order valence-corrected chi connectivity index (χ3v) is 8.62. The predicted octanol–water partition coefficient (Wildman–Crippen LogP) is 4.88. The first-order chi connectivity index (χ1) is 19.3. The standard InChI is InChI=1S/C30H37N5O5S/c1-17(2)14-33-41(38,39)26-12-21-24(34-28(36)19-7-6-10-31-15-19)13-25(35-29(37)40-30(3,4)5)27(21)22-16-32-23(11-20(22)26)18-8-9-18/h6-7,10-12,15-18,24-25,33H,8-9,13-14H2,1-5H3,(H,34,36)(H,35,37)/t24-,25+/m1/s1. The lowest BCUT2D eigenvalue weighted by Gasteiger charge is -2.23. The summed E-state index contributed by atoms with van der Waals surface area (Å²) in [6.07, 6.45) is 6.50. The number of hydrogen-bond acceptors (Lipinski definition) is 7. The molecule has 1 fully saturated rings. The Morgan fingerprint density at radius 2 is 1.83 bits per heavy atom. The van der Waals surface area contributed by atoms with Crippen molar-refractivity contribution in [1.29, 1.82) is 0 Å². The summed E-state index contributed by atoms with van der Waals surface area (Å²) in [6.45, 7) is 9.51. The minimum Gasteiger partial charge on any atom is -0.444 e. The molecule has 11 heteroatoms. The second-order valence-electron chi connectivity index (χ2n) is 12.3. The number of alkyl carbamates (subject to hydrolysis) is 1. The lowest BCUT2D eigenvalue weighted by atomic mass is 9.98. The molecule has 0 radical (unpaired) electrons. The van der Waals surface area contributed by atoms with Crippen molar-refractivity contribution >= 4 is 32.8 Å². The Morgan fingerprint density at radius 3 is 2.46 bits per heavy atom. The van der Waals surface area contributed by atoms with Gasteiger partial charge in [0.2, 0.25) is 10.0 Å². The van der Waals surface area contributed by atoms with Crippen LogP contribution in [0.3, 0.4) is 0 Å². The van der Waals surface area contributed by atoms with Gasteiger partial charge in [0.05, 0.1) is 22.5 Å². The van der Waals surface area contributed by atoms with Crippen LogP contribution in [0.15, 0.2) is 47.8 Å². The first-order valence-electron chi connectivity index (χ1n) is 14.0. The molecule has 3 N–H and O–H groups in total. The van der Waals surface area contributed by atoms with E-state index in [0.29, 0.717) is 34.2 Å². The van der Waals surface area contributed by atoms with E-state index in [9.17, 15) is 18.0 Å². The molecule has 1 aromatic carbocycles. The summed E-state index contributed by atoms with van der Waals surface area (Å²) in [5.74, 6) is 0.0775. The molecule has 2 heterocycles. The maximum atomic E-state index is 13.7. The molecule has 0 unspecified atom stereocenters. The molecule has 0 saturated heterocycles. The van der Waals surface area contributed by atoms with Crippen molar-refractivity contribution in [1.82, 2.24) is 25.3 Å². The van der Waals surface area contributed by atoms with E-state index in [0.717, 1.165) is 24.1 Å². The van der Waals surface area contributed by atoms with Crippen LogP contribution in [0.5, 0.6) is 0 Å². The number of carbonyl (C=O) groups excluding carboxylic acids is 2. The van der Waals surface area contributed by atoms with Crippen LogP contribution in [0, 0.1) is 5.92 Å². The second kappa shape index (κ2) is 11.0. The fourth-order valence-corrected chi connectivity index (χ4v) is 6.58. The molecule has 2 amide bonds. The van der Waals surface area contributed by atoms with Gasteiger partial charge in [-0.1, -0.05) is 13.8 Å². The maximum Gasteiger partial charge on any atom is 0.408 e. The van der Waals surface area contributed by atoms with Gasteiger partial charge in [0.15, 0.2) is 0 Å². The van der Waals surface area contributed by atoms with Crippen molar-refractivity contribution in [3.8, 4) is 0 Å². The number of pyridine rings is 2. The maximum absolute atomic E-state index is 13.7. The van der Waals surface area contributed by atoms with Crippen molar-refractivity contribution in [3.05, 3.63) is 65.2 Å². The Morgan fingerprint density at radius 1 is 1.07 bits per heavy atom. The number of sulfonamides is 1. The SMILES string of the molecule is CC(C)CNS(=O)(=O)c1cc2c(c3cnc(C4CC4)cc13)[C@@H](NC(=O)OC(C)(C)C)C[C@H]2NC(=O)c1cccnc1. The van der Waals surface area contributed by atoms with E-state index >= 15 is 0 Å². The molecule has 3 aromatic rings. The zero-order chi connectivity index (χ0) is 29.5. The average Bonchev–Trinajstić information content (AvgIpc) is 3.70. The summed E-state index contributed by atoms with van der Waals surface area (Å²) in [7, 11) is -3.91. The fourth-order valence-electron chi connectivity index (χ4n) is 5.14. The summed E-state index contributed by atoms with van der Waals surface area (Å²) >= 11 is 0. The summed E-state index contributed by atoms with van der Waals surface area (Å²) in [5, 5.41) is 7.16. The third kappa shape index (κ3) is 6.51. The van der Waals surface area contributed by atoms with E-state index in [2.05, 4.69) is 20.3 Å². The number of fused-ring (bicyclic) bond motifs is 3. The lowest BCUT2D eigenvalue weighted by Crippen LogP contribution is -2.35. The van der Waals surface area contributed by atoms with Gasteiger partial charge in [0.1, 0.15) is 5.60 Å². The highest BCUT2D eigenvalue weighted by atomic mass is 32.2. The summed E-state index contributed by atoms with van der Waals surface area (Å²) in [6, 6.07) is 5.71. The van der Waals surface area contributed by atoms with E-state index in [1.165, 1.54) is 6.20 Å². The molecule has 0 bridgehead atoms. The number of carbonyl (C=O) groups is 2. The molecule has 2 atom stereocenters. The van der Waals surface area contributed by atoms with Crippen LogP contribution in [0.25, 0.3) is 10.8 Å². The first kappa shape index (κ1) is 28.9. The molecular formula is C30H37N5O5S. The van der Waals surface area contributed by atoms with Crippen molar-refractivity contribution in [2.75, 3.05) is 6.54 Å². The highest BCUT2D eigenvalue weighted by Crippen LogP contribution is 2.47. The number of benzene rings is 1. The highest BCUT2D eigenvalue weighted by molar-refractivity contribution is 7.89.